The lowest BCUT2D eigenvalue weighted by Gasteiger charge is -2.30. The van der Waals surface area contributed by atoms with Crippen LogP contribution in [-0.2, 0) is 11.2 Å². The van der Waals surface area contributed by atoms with Gasteiger partial charge in [-0.1, -0.05) is 30.3 Å². The van der Waals surface area contributed by atoms with Gasteiger partial charge in [-0.25, -0.2) is 4.79 Å². The summed E-state index contributed by atoms with van der Waals surface area (Å²) in [6.45, 7) is 2.15. The number of benzene rings is 1. The van der Waals surface area contributed by atoms with Crippen molar-refractivity contribution in [2.45, 2.75) is 25.3 Å². The first-order chi connectivity index (χ1) is 14.2. The molecular weight excluding hydrogens is 364 g/mol. The second-order valence-electron chi connectivity index (χ2n) is 7.56. The zero-order valence-corrected chi connectivity index (χ0v) is 16.9. The van der Waals surface area contributed by atoms with Crippen LogP contribution in [0.3, 0.4) is 0 Å². The first kappa shape index (κ1) is 19.3. The Morgan fingerprint density at radius 1 is 1.10 bits per heavy atom. The summed E-state index contributed by atoms with van der Waals surface area (Å²) in [6, 6.07) is 12.5. The number of likely N-dealkylation sites (tertiary alicyclic amines) is 1. The number of carbonyl (C=O) groups excluding carboxylic acids is 1. The number of carbonyl (C=O) groups is 1. The maximum absolute atomic E-state index is 12.2. The molecule has 0 aliphatic carbocycles. The van der Waals surface area contributed by atoms with Crippen molar-refractivity contribution < 1.29 is 9.53 Å². The van der Waals surface area contributed by atoms with Crippen LogP contribution >= 0.6 is 0 Å². The van der Waals surface area contributed by atoms with E-state index in [1.807, 2.05) is 12.3 Å². The van der Waals surface area contributed by atoms with Crippen LogP contribution in [0.1, 0.15) is 40.4 Å². The molecule has 0 spiro atoms. The van der Waals surface area contributed by atoms with E-state index in [4.69, 9.17) is 9.84 Å². The minimum atomic E-state index is -0.341. The Morgan fingerprint density at radius 2 is 1.86 bits per heavy atom. The van der Waals surface area contributed by atoms with Gasteiger partial charge in [-0.05, 0) is 44.6 Å². The smallest absolute Gasteiger partial charge is 0.338 e. The van der Waals surface area contributed by atoms with Crippen LogP contribution in [0.5, 0.6) is 0 Å². The zero-order chi connectivity index (χ0) is 20.2. The van der Waals surface area contributed by atoms with Crippen molar-refractivity contribution in [3.8, 4) is 11.3 Å². The van der Waals surface area contributed by atoms with Crippen molar-refractivity contribution in [2.24, 2.45) is 0 Å². The van der Waals surface area contributed by atoms with E-state index in [1.54, 1.807) is 18.5 Å². The second-order valence-corrected chi connectivity index (χ2v) is 7.56. The number of aromatic nitrogens is 3. The summed E-state index contributed by atoms with van der Waals surface area (Å²) in [4.78, 5) is 18.8. The third-order valence-electron chi connectivity index (χ3n) is 5.64. The van der Waals surface area contributed by atoms with E-state index in [0.29, 0.717) is 18.0 Å². The Labute approximate surface area is 171 Å². The Bertz CT molecular complexity index is 976. The molecule has 6 nitrogen and oxygen atoms in total. The summed E-state index contributed by atoms with van der Waals surface area (Å²) in [6.07, 6.45) is 8.04. The molecule has 4 rings (SSSR count). The summed E-state index contributed by atoms with van der Waals surface area (Å²) >= 11 is 0. The van der Waals surface area contributed by atoms with Gasteiger partial charge < -0.3 is 9.64 Å². The predicted molar refractivity (Wildman–Crippen MR) is 112 cm³/mol. The van der Waals surface area contributed by atoms with Crippen molar-refractivity contribution >= 4 is 5.97 Å². The Balaban J connectivity index is 1.74. The predicted octanol–water partition coefficient (Wildman–Crippen LogP) is 3.59. The number of ether oxygens (including phenoxy) is 1. The SMILES string of the molecule is COC(=O)c1ccncc1Cc1cnn(C2CCN(C)CC2)c1-c1ccccc1. The minimum Gasteiger partial charge on any atom is -0.465 e. The number of pyridine rings is 1. The van der Waals surface area contributed by atoms with E-state index in [2.05, 4.69) is 45.9 Å². The van der Waals surface area contributed by atoms with E-state index in [1.165, 1.54) is 7.11 Å². The van der Waals surface area contributed by atoms with Gasteiger partial charge >= 0.3 is 5.97 Å². The summed E-state index contributed by atoms with van der Waals surface area (Å²) in [5.41, 5.74) is 4.75. The van der Waals surface area contributed by atoms with Gasteiger partial charge in [0.15, 0.2) is 0 Å². The molecule has 3 heterocycles. The highest BCUT2D eigenvalue weighted by Gasteiger charge is 2.24. The summed E-state index contributed by atoms with van der Waals surface area (Å²) < 4.78 is 7.13. The molecule has 29 heavy (non-hydrogen) atoms. The molecule has 3 aromatic rings. The molecule has 0 unspecified atom stereocenters. The first-order valence-electron chi connectivity index (χ1n) is 9.99. The average molecular weight is 390 g/mol. The van der Waals surface area contributed by atoms with Crippen molar-refractivity contribution in [2.75, 3.05) is 27.2 Å². The fourth-order valence-corrected chi connectivity index (χ4v) is 4.04. The van der Waals surface area contributed by atoms with E-state index in [0.717, 1.165) is 48.3 Å². The Morgan fingerprint density at radius 3 is 2.59 bits per heavy atom. The fraction of sp³-hybridized carbons (Fsp3) is 0.348. The highest BCUT2D eigenvalue weighted by atomic mass is 16.5. The summed E-state index contributed by atoms with van der Waals surface area (Å²) in [5.74, 6) is -0.341. The lowest BCUT2D eigenvalue weighted by atomic mass is 9.98. The van der Waals surface area contributed by atoms with E-state index in [9.17, 15) is 4.79 Å². The largest absolute Gasteiger partial charge is 0.465 e. The Hall–Kier alpha value is -2.99. The van der Waals surface area contributed by atoms with Gasteiger partial charge in [0.1, 0.15) is 0 Å². The zero-order valence-electron chi connectivity index (χ0n) is 16.9. The molecule has 1 fully saturated rings. The molecule has 1 saturated heterocycles. The molecule has 150 valence electrons. The van der Waals surface area contributed by atoms with Gasteiger partial charge in [0.05, 0.1) is 30.6 Å². The van der Waals surface area contributed by atoms with Gasteiger partial charge in [-0.3, -0.25) is 9.67 Å². The van der Waals surface area contributed by atoms with Gasteiger partial charge in [0.2, 0.25) is 0 Å². The second kappa shape index (κ2) is 8.57. The maximum Gasteiger partial charge on any atom is 0.338 e. The third kappa shape index (κ3) is 4.07. The number of methoxy groups -OCH3 is 1. The number of hydrogen-bond donors (Lipinski definition) is 0. The van der Waals surface area contributed by atoms with Crippen LogP contribution < -0.4 is 0 Å². The molecule has 0 atom stereocenters. The lowest BCUT2D eigenvalue weighted by Crippen LogP contribution is -2.32. The highest BCUT2D eigenvalue weighted by Crippen LogP contribution is 2.32. The van der Waals surface area contributed by atoms with E-state index >= 15 is 0 Å². The molecule has 6 heteroatoms. The fourth-order valence-electron chi connectivity index (χ4n) is 4.04. The summed E-state index contributed by atoms with van der Waals surface area (Å²) in [7, 11) is 3.57. The number of piperidine rings is 1. The van der Waals surface area contributed by atoms with Crippen LogP contribution in [0.25, 0.3) is 11.3 Å². The molecule has 1 aliphatic heterocycles. The molecule has 0 amide bonds. The normalized spacial score (nSPS) is 15.4. The van der Waals surface area contributed by atoms with Crippen LogP contribution in [0.2, 0.25) is 0 Å². The molecule has 2 aromatic heterocycles. The molecular formula is C23H26N4O2. The number of hydrogen-bond acceptors (Lipinski definition) is 5. The molecule has 0 bridgehead atoms. The average Bonchev–Trinajstić information content (AvgIpc) is 3.18. The van der Waals surface area contributed by atoms with Gasteiger partial charge in [-0.2, -0.15) is 5.10 Å². The minimum absolute atomic E-state index is 0.341. The number of rotatable bonds is 5. The third-order valence-corrected chi connectivity index (χ3v) is 5.64. The van der Waals surface area contributed by atoms with Gasteiger partial charge in [0.25, 0.3) is 0 Å². The van der Waals surface area contributed by atoms with E-state index in [-0.39, 0.29) is 5.97 Å². The molecule has 1 aromatic carbocycles. The van der Waals surface area contributed by atoms with Crippen LogP contribution in [0.15, 0.2) is 55.0 Å². The van der Waals surface area contributed by atoms with E-state index < -0.39 is 0 Å². The van der Waals surface area contributed by atoms with Crippen molar-refractivity contribution in [3.63, 3.8) is 0 Å². The summed E-state index contributed by atoms with van der Waals surface area (Å²) in [5, 5.41) is 4.79. The lowest BCUT2D eigenvalue weighted by molar-refractivity contribution is 0.0599. The first-order valence-corrected chi connectivity index (χ1v) is 9.99. The topological polar surface area (TPSA) is 60.2 Å². The maximum atomic E-state index is 12.2. The van der Waals surface area contributed by atoms with Crippen LogP contribution in [0.4, 0.5) is 0 Å². The highest BCUT2D eigenvalue weighted by molar-refractivity contribution is 5.91. The van der Waals surface area contributed by atoms with Crippen LogP contribution in [0, 0.1) is 0 Å². The van der Waals surface area contributed by atoms with Gasteiger partial charge in [0, 0.05) is 29.9 Å². The molecule has 0 saturated carbocycles. The quantitative estimate of drug-likeness (QED) is 0.623. The number of esters is 1. The number of nitrogens with zero attached hydrogens (tertiary/aromatic N) is 4. The van der Waals surface area contributed by atoms with Gasteiger partial charge in [-0.15, -0.1) is 0 Å². The van der Waals surface area contributed by atoms with Crippen molar-refractivity contribution in [1.82, 2.24) is 19.7 Å². The molecule has 1 aliphatic rings. The molecule has 0 N–H and O–H groups in total. The molecule has 0 radical (unpaired) electrons. The van der Waals surface area contributed by atoms with Crippen molar-refractivity contribution in [1.29, 1.82) is 0 Å². The Kier molecular flexibility index (Phi) is 5.71. The monoisotopic (exact) mass is 390 g/mol. The van der Waals surface area contributed by atoms with Crippen LogP contribution in [-0.4, -0.2) is 52.9 Å². The standard InChI is InChI=1S/C23H26N4O2/c1-26-12-9-20(10-13-26)27-22(17-6-4-3-5-7-17)19(16-25-27)14-18-15-24-11-8-21(18)23(28)29-2/h3-8,11,15-16,20H,9-10,12-14H2,1-2H3. The van der Waals surface area contributed by atoms with Crippen molar-refractivity contribution in [3.05, 3.63) is 71.7 Å².